The molecule has 0 atom stereocenters. The molecular weight excluding hydrogens is 377 g/mol. The molecule has 0 fully saturated rings. The first-order chi connectivity index (χ1) is 11.2. The fraction of sp³-hybridized carbons (Fsp3) is 0.176. The number of rotatable bonds is 5. The summed E-state index contributed by atoms with van der Waals surface area (Å²) in [4.78, 5) is 2.17. The maximum Gasteiger partial charge on any atom is 0.140 e. The lowest BCUT2D eigenvalue weighted by Crippen LogP contribution is -2.16. The molecule has 0 aliphatic rings. The minimum absolute atomic E-state index is 0.224. The Kier molecular flexibility index (Phi) is 5.03. The minimum atomic E-state index is -0.224. The Bertz CT molecular complexity index is 771. The van der Waals surface area contributed by atoms with E-state index in [9.17, 15) is 4.39 Å². The molecule has 6 heteroatoms. The van der Waals surface area contributed by atoms with Gasteiger partial charge in [0.15, 0.2) is 0 Å². The Balaban J connectivity index is 1.99. The van der Waals surface area contributed by atoms with Crippen molar-refractivity contribution in [3.8, 4) is 0 Å². The second kappa shape index (κ2) is 7.19. The number of aryl methyl sites for hydroxylation is 1. The highest BCUT2D eigenvalue weighted by Crippen LogP contribution is 2.33. The average molecular weight is 392 g/mol. The van der Waals surface area contributed by atoms with E-state index in [-0.39, 0.29) is 5.82 Å². The SMILES string of the molecule is CCc1nnsc1N(Cc1ccc(F)cc1)c1ccc(Br)cc1. The number of hydrogen-bond donors (Lipinski definition) is 0. The number of hydrogen-bond acceptors (Lipinski definition) is 4. The normalized spacial score (nSPS) is 10.7. The van der Waals surface area contributed by atoms with Crippen molar-refractivity contribution < 1.29 is 4.39 Å². The molecule has 0 aliphatic heterocycles. The standard InChI is InChI=1S/C17H15BrFN3S/c1-2-16-17(23-21-20-16)22(15-9-5-13(18)6-10-15)11-12-3-7-14(19)8-4-12/h3-10H,2,11H2,1H3. The maximum atomic E-state index is 13.1. The van der Waals surface area contributed by atoms with Crippen molar-refractivity contribution >= 4 is 38.2 Å². The van der Waals surface area contributed by atoms with Crippen LogP contribution in [0.1, 0.15) is 18.2 Å². The Hall–Kier alpha value is -1.79. The molecule has 0 aliphatic carbocycles. The van der Waals surface area contributed by atoms with E-state index in [1.165, 1.54) is 23.7 Å². The van der Waals surface area contributed by atoms with E-state index in [1.807, 2.05) is 24.3 Å². The smallest absolute Gasteiger partial charge is 0.140 e. The molecule has 0 amide bonds. The zero-order valence-electron chi connectivity index (χ0n) is 12.5. The monoisotopic (exact) mass is 391 g/mol. The summed E-state index contributed by atoms with van der Waals surface area (Å²) in [6.45, 7) is 2.71. The quantitative estimate of drug-likeness (QED) is 0.587. The van der Waals surface area contributed by atoms with Crippen LogP contribution >= 0.6 is 27.5 Å². The molecule has 2 aromatic carbocycles. The molecule has 0 unspecified atom stereocenters. The van der Waals surface area contributed by atoms with Crippen LogP contribution in [-0.2, 0) is 13.0 Å². The number of nitrogens with zero attached hydrogens (tertiary/aromatic N) is 3. The maximum absolute atomic E-state index is 13.1. The summed E-state index contributed by atoms with van der Waals surface area (Å²) in [5.74, 6) is -0.224. The van der Waals surface area contributed by atoms with E-state index in [0.29, 0.717) is 6.54 Å². The predicted octanol–water partition coefficient (Wildman–Crippen LogP) is 5.34. The summed E-state index contributed by atoms with van der Waals surface area (Å²) >= 11 is 4.85. The van der Waals surface area contributed by atoms with Crippen LogP contribution in [0.15, 0.2) is 53.0 Å². The second-order valence-corrected chi connectivity index (χ2v) is 6.72. The van der Waals surface area contributed by atoms with Gasteiger partial charge in [0.2, 0.25) is 0 Å². The van der Waals surface area contributed by atoms with Crippen LogP contribution in [0.2, 0.25) is 0 Å². The summed E-state index contributed by atoms with van der Waals surface area (Å²) < 4.78 is 18.3. The average Bonchev–Trinajstić information content (AvgIpc) is 3.04. The van der Waals surface area contributed by atoms with Crippen molar-refractivity contribution in [1.29, 1.82) is 0 Å². The summed E-state index contributed by atoms with van der Waals surface area (Å²) in [6, 6.07) is 14.7. The summed E-state index contributed by atoms with van der Waals surface area (Å²) in [6.07, 6.45) is 0.822. The van der Waals surface area contributed by atoms with Gasteiger partial charge in [-0.3, -0.25) is 0 Å². The van der Waals surface area contributed by atoms with Crippen LogP contribution in [0.25, 0.3) is 0 Å². The van der Waals surface area contributed by atoms with Crippen molar-refractivity contribution in [2.45, 2.75) is 19.9 Å². The lowest BCUT2D eigenvalue weighted by Gasteiger charge is -2.24. The van der Waals surface area contributed by atoms with Gasteiger partial charge in [0.1, 0.15) is 10.8 Å². The molecule has 0 N–H and O–H groups in total. The molecule has 0 radical (unpaired) electrons. The van der Waals surface area contributed by atoms with E-state index in [1.54, 1.807) is 12.1 Å². The predicted molar refractivity (Wildman–Crippen MR) is 95.7 cm³/mol. The highest BCUT2D eigenvalue weighted by Gasteiger charge is 2.17. The lowest BCUT2D eigenvalue weighted by atomic mass is 10.2. The van der Waals surface area contributed by atoms with Gasteiger partial charge in [-0.15, -0.1) is 5.10 Å². The van der Waals surface area contributed by atoms with Gasteiger partial charge in [-0.2, -0.15) is 0 Å². The number of benzene rings is 2. The first-order valence-electron chi connectivity index (χ1n) is 7.26. The van der Waals surface area contributed by atoms with Gasteiger partial charge in [-0.05, 0) is 48.4 Å². The molecular formula is C17H15BrFN3S. The highest BCUT2D eigenvalue weighted by atomic mass is 79.9. The topological polar surface area (TPSA) is 29.0 Å². The van der Waals surface area contributed by atoms with Crippen LogP contribution in [0.5, 0.6) is 0 Å². The summed E-state index contributed by atoms with van der Waals surface area (Å²) in [5.41, 5.74) is 3.06. The van der Waals surface area contributed by atoms with Crippen molar-refractivity contribution in [1.82, 2.24) is 9.59 Å². The second-order valence-electron chi connectivity index (χ2n) is 5.07. The van der Waals surface area contributed by atoms with E-state index in [4.69, 9.17) is 0 Å². The van der Waals surface area contributed by atoms with Gasteiger partial charge in [-0.1, -0.05) is 39.5 Å². The molecule has 0 saturated carbocycles. The molecule has 1 aromatic heterocycles. The molecule has 3 rings (SSSR count). The fourth-order valence-corrected chi connectivity index (χ4v) is 3.34. The zero-order chi connectivity index (χ0) is 16.2. The van der Waals surface area contributed by atoms with Crippen molar-refractivity contribution in [3.63, 3.8) is 0 Å². The lowest BCUT2D eigenvalue weighted by molar-refractivity contribution is 0.627. The fourth-order valence-electron chi connectivity index (χ4n) is 2.30. The molecule has 0 spiro atoms. The van der Waals surface area contributed by atoms with Gasteiger partial charge in [0, 0.05) is 28.2 Å². The van der Waals surface area contributed by atoms with Gasteiger partial charge >= 0.3 is 0 Å². The third kappa shape index (κ3) is 3.76. The van der Waals surface area contributed by atoms with Crippen LogP contribution in [0.3, 0.4) is 0 Å². The van der Waals surface area contributed by atoms with E-state index in [0.717, 1.165) is 32.8 Å². The molecule has 118 valence electrons. The number of anilines is 2. The Morgan fingerprint density at radius 1 is 1.09 bits per heavy atom. The number of aromatic nitrogens is 2. The molecule has 0 saturated heterocycles. The van der Waals surface area contributed by atoms with E-state index >= 15 is 0 Å². The van der Waals surface area contributed by atoms with Crippen molar-refractivity contribution in [2.75, 3.05) is 4.90 Å². The van der Waals surface area contributed by atoms with Crippen LogP contribution in [0, 0.1) is 5.82 Å². The van der Waals surface area contributed by atoms with Crippen LogP contribution < -0.4 is 4.90 Å². The zero-order valence-corrected chi connectivity index (χ0v) is 14.9. The third-order valence-electron chi connectivity index (χ3n) is 3.51. The van der Waals surface area contributed by atoms with Crippen molar-refractivity contribution in [2.24, 2.45) is 0 Å². The van der Waals surface area contributed by atoms with E-state index in [2.05, 4.69) is 37.3 Å². The van der Waals surface area contributed by atoms with Crippen molar-refractivity contribution in [3.05, 3.63) is 70.1 Å². The third-order valence-corrected chi connectivity index (χ3v) is 4.83. The first kappa shape index (κ1) is 16.1. The van der Waals surface area contributed by atoms with Crippen LogP contribution in [-0.4, -0.2) is 9.59 Å². The van der Waals surface area contributed by atoms with Crippen LogP contribution in [0.4, 0.5) is 15.1 Å². The van der Waals surface area contributed by atoms with Gasteiger partial charge in [0.05, 0.1) is 5.69 Å². The van der Waals surface area contributed by atoms with E-state index < -0.39 is 0 Å². The molecule has 0 bridgehead atoms. The number of halogens is 2. The molecule has 3 nitrogen and oxygen atoms in total. The highest BCUT2D eigenvalue weighted by molar-refractivity contribution is 9.10. The molecule has 23 heavy (non-hydrogen) atoms. The molecule has 1 heterocycles. The van der Waals surface area contributed by atoms with Gasteiger partial charge in [0.25, 0.3) is 0 Å². The Labute approximate surface area is 147 Å². The minimum Gasteiger partial charge on any atom is -0.326 e. The first-order valence-corrected chi connectivity index (χ1v) is 8.83. The van der Waals surface area contributed by atoms with Gasteiger partial charge < -0.3 is 4.90 Å². The Morgan fingerprint density at radius 2 is 1.78 bits per heavy atom. The Morgan fingerprint density at radius 3 is 2.43 bits per heavy atom. The summed E-state index contributed by atoms with van der Waals surface area (Å²) in [5, 5.41) is 5.24. The largest absolute Gasteiger partial charge is 0.326 e. The summed E-state index contributed by atoms with van der Waals surface area (Å²) in [7, 11) is 0. The molecule has 3 aromatic rings. The van der Waals surface area contributed by atoms with Gasteiger partial charge in [-0.25, -0.2) is 4.39 Å².